The minimum atomic E-state index is -4.72. The SMILES string of the molecule is O=C(c1ccc(C2=CC=CN3C2=NC(C(F)(F)F)=C(Br)C3O)cc1)N1CCOC2CC21. The molecule has 162 valence electrons. The van der Waals surface area contributed by atoms with Gasteiger partial charge in [0.15, 0.2) is 11.9 Å². The molecular weight excluding hydrogens is 479 g/mol. The second-order valence-electron chi connectivity index (χ2n) is 7.62. The number of ether oxygens (including phenoxy) is 1. The zero-order chi connectivity index (χ0) is 21.9. The van der Waals surface area contributed by atoms with E-state index >= 15 is 0 Å². The minimum absolute atomic E-state index is 0.0152. The summed E-state index contributed by atoms with van der Waals surface area (Å²) in [5.41, 5.74) is 0.327. The molecule has 0 radical (unpaired) electrons. The van der Waals surface area contributed by atoms with Crippen LogP contribution in [0.15, 0.2) is 57.8 Å². The number of rotatable bonds is 2. The van der Waals surface area contributed by atoms with Crippen molar-refractivity contribution < 1.29 is 27.8 Å². The van der Waals surface area contributed by atoms with Crippen LogP contribution in [-0.2, 0) is 4.74 Å². The van der Waals surface area contributed by atoms with Crippen LogP contribution in [0.1, 0.15) is 22.3 Å². The Kier molecular flexibility index (Phi) is 4.83. The van der Waals surface area contributed by atoms with Crippen LogP contribution in [-0.4, -0.2) is 64.4 Å². The van der Waals surface area contributed by atoms with Crippen molar-refractivity contribution >= 4 is 33.2 Å². The van der Waals surface area contributed by atoms with Gasteiger partial charge in [-0.15, -0.1) is 0 Å². The number of nitrogens with zero attached hydrogens (tertiary/aromatic N) is 3. The number of carbonyl (C=O) groups excluding carboxylic acids is 1. The van der Waals surface area contributed by atoms with E-state index in [1.165, 1.54) is 11.1 Å². The smallest absolute Gasteiger partial charge is 0.374 e. The Morgan fingerprint density at radius 2 is 2.00 bits per heavy atom. The summed E-state index contributed by atoms with van der Waals surface area (Å²) < 4.78 is 45.3. The lowest BCUT2D eigenvalue weighted by atomic mass is 9.99. The molecule has 1 saturated heterocycles. The van der Waals surface area contributed by atoms with Crippen LogP contribution < -0.4 is 0 Å². The standard InChI is InChI=1S/C21H17BrF3N3O3/c22-16-17(21(23,24)25)26-18-13(2-1-7-28(18)20(16)30)11-3-5-12(6-4-11)19(29)27-8-9-31-15-10-14(15)27/h1-7,14-15,20,30H,8-10H2. The highest BCUT2D eigenvalue weighted by molar-refractivity contribution is 9.11. The number of morpholine rings is 1. The van der Waals surface area contributed by atoms with Crippen molar-refractivity contribution in [1.29, 1.82) is 0 Å². The Morgan fingerprint density at radius 1 is 1.26 bits per heavy atom. The van der Waals surface area contributed by atoms with Gasteiger partial charge in [0.05, 0.1) is 23.2 Å². The number of fused-ring (bicyclic) bond motifs is 2. The van der Waals surface area contributed by atoms with Gasteiger partial charge in [-0.25, -0.2) is 4.99 Å². The highest BCUT2D eigenvalue weighted by Crippen LogP contribution is 2.40. The zero-order valence-corrected chi connectivity index (χ0v) is 17.6. The fourth-order valence-electron chi connectivity index (χ4n) is 4.00. The Hall–Kier alpha value is -2.43. The Balaban J connectivity index is 1.44. The molecule has 10 heteroatoms. The maximum absolute atomic E-state index is 13.4. The first-order valence-corrected chi connectivity index (χ1v) is 10.5. The molecule has 1 N–H and O–H groups in total. The summed E-state index contributed by atoms with van der Waals surface area (Å²) in [5, 5.41) is 10.4. The predicted molar refractivity (Wildman–Crippen MR) is 110 cm³/mol. The molecule has 1 aromatic rings. The summed E-state index contributed by atoms with van der Waals surface area (Å²) in [7, 11) is 0. The van der Waals surface area contributed by atoms with Crippen LogP contribution in [0.3, 0.4) is 0 Å². The van der Waals surface area contributed by atoms with Gasteiger partial charge in [0.2, 0.25) is 0 Å². The molecule has 0 aromatic heterocycles. The first-order chi connectivity index (χ1) is 14.8. The van der Waals surface area contributed by atoms with E-state index in [1.807, 2.05) is 4.90 Å². The van der Waals surface area contributed by atoms with E-state index in [-0.39, 0.29) is 23.9 Å². The van der Waals surface area contributed by atoms with E-state index in [0.29, 0.717) is 29.9 Å². The number of benzene rings is 1. The number of amides is 1. The highest BCUT2D eigenvalue weighted by atomic mass is 79.9. The fraction of sp³-hybridized carbons (Fsp3) is 0.333. The predicted octanol–water partition coefficient (Wildman–Crippen LogP) is 3.41. The third-order valence-electron chi connectivity index (χ3n) is 5.67. The van der Waals surface area contributed by atoms with Gasteiger partial charge in [-0.05, 0) is 52.2 Å². The number of halogens is 4. The summed E-state index contributed by atoms with van der Waals surface area (Å²) in [6, 6.07) is 6.80. The molecule has 0 bridgehead atoms. The Bertz CT molecular complexity index is 1060. The summed E-state index contributed by atoms with van der Waals surface area (Å²) in [6.07, 6.45) is -0.569. The Labute approximate surface area is 184 Å². The van der Waals surface area contributed by atoms with Crippen LogP contribution in [0.25, 0.3) is 5.57 Å². The number of hydrogen-bond acceptors (Lipinski definition) is 5. The number of carbonyl (C=O) groups is 1. The van der Waals surface area contributed by atoms with Crippen molar-refractivity contribution in [2.75, 3.05) is 13.2 Å². The molecule has 5 rings (SSSR count). The minimum Gasteiger partial charge on any atom is -0.374 e. The van der Waals surface area contributed by atoms with Crippen molar-refractivity contribution in [2.24, 2.45) is 4.99 Å². The maximum atomic E-state index is 13.4. The number of alkyl halides is 3. The molecule has 3 unspecified atom stereocenters. The summed E-state index contributed by atoms with van der Waals surface area (Å²) in [4.78, 5) is 19.7. The van der Waals surface area contributed by atoms with Crippen LogP contribution in [0, 0.1) is 0 Å². The number of amidine groups is 1. The van der Waals surface area contributed by atoms with Crippen molar-refractivity contribution in [3.8, 4) is 0 Å². The van der Waals surface area contributed by atoms with Gasteiger partial charge < -0.3 is 19.6 Å². The topological polar surface area (TPSA) is 65.4 Å². The molecule has 3 aliphatic heterocycles. The lowest BCUT2D eigenvalue weighted by Crippen LogP contribution is -2.42. The zero-order valence-electron chi connectivity index (χ0n) is 16.0. The van der Waals surface area contributed by atoms with Gasteiger partial charge >= 0.3 is 6.18 Å². The molecule has 0 spiro atoms. The highest BCUT2D eigenvalue weighted by Gasteiger charge is 2.48. The second kappa shape index (κ2) is 7.32. The third kappa shape index (κ3) is 3.52. The van der Waals surface area contributed by atoms with Gasteiger partial charge in [-0.1, -0.05) is 12.1 Å². The van der Waals surface area contributed by atoms with Gasteiger partial charge in [0.25, 0.3) is 5.91 Å². The van der Waals surface area contributed by atoms with Crippen LogP contribution in [0.5, 0.6) is 0 Å². The lowest BCUT2D eigenvalue weighted by molar-refractivity contribution is -0.0948. The number of allylic oxidation sites excluding steroid dienone is 3. The quantitative estimate of drug-likeness (QED) is 0.682. The normalized spacial score (nSPS) is 27.5. The fourth-order valence-corrected chi connectivity index (χ4v) is 4.54. The van der Waals surface area contributed by atoms with Gasteiger partial charge in [0.1, 0.15) is 5.84 Å². The van der Waals surface area contributed by atoms with E-state index < -0.39 is 22.6 Å². The van der Waals surface area contributed by atoms with E-state index in [2.05, 4.69) is 20.9 Å². The first-order valence-electron chi connectivity index (χ1n) is 9.69. The Morgan fingerprint density at radius 3 is 2.71 bits per heavy atom. The van der Waals surface area contributed by atoms with Crippen molar-refractivity contribution in [1.82, 2.24) is 9.80 Å². The van der Waals surface area contributed by atoms with Crippen molar-refractivity contribution in [2.45, 2.75) is 31.0 Å². The molecule has 4 aliphatic rings. The monoisotopic (exact) mass is 495 g/mol. The molecule has 1 aromatic carbocycles. The molecular formula is C21H17BrF3N3O3. The van der Waals surface area contributed by atoms with Crippen LogP contribution in [0.2, 0.25) is 0 Å². The number of aliphatic imine (C=N–C) groups is 1. The second-order valence-corrected chi connectivity index (χ2v) is 8.48. The maximum Gasteiger partial charge on any atom is 0.434 e. The molecule has 1 amide bonds. The van der Waals surface area contributed by atoms with E-state index in [0.717, 1.165) is 6.42 Å². The average molecular weight is 496 g/mol. The van der Waals surface area contributed by atoms with E-state index in [4.69, 9.17) is 4.74 Å². The van der Waals surface area contributed by atoms with Crippen molar-refractivity contribution in [3.05, 3.63) is 63.9 Å². The van der Waals surface area contributed by atoms with E-state index in [9.17, 15) is 23.1 Å². The average Bonchev–Trinajstić information content (AvgIpc) is 3.54. The number of aliphatic hydroxyl groups excluding tert-OH is 1. The molecule has 1 aliphatic carbocycles. The van der Waals surface area contributed by atoms with Crippen LogP contribution in [0.4, 0.5) is 13.2 Å². The summed E-state index contributed by atoms with van der Waals surface area (Å²) in [6.45, 7) is 1.07. The molecule has 3 heterocycles. The summed E-state index contributed by atoms with van der Waals surface area (Å²) in [5.74, 6) is -0.100. The number of aliphatic hydroxyl groups is 1. The van der Waals surface area contributed by atoms with Gasteiger partial charge in [-0.2, -0.15) is 13.2 Å². The largest absolute Gasteiger partial charge is 0.434 e. The van der Waals surface area contributed by atoms with E-state index in [1.54, 1.807) is 36.4 Å². The van der Waals surface area contributed by atoms with Crippen molar-refractivity contribution in [3.63, 3.8) is 0 Å². The first kappa shape index (κ1) is 20.5. The molecule has 31 heavy (non-hydrogen) atoms. The third-order valence-corrected chi connectivity index (χ3v) is 6.45. The molecule has 6 nitrogen and oxygen atoms in total. The number of hydrogen-bond donors (Lipinski definition) is 1. The molecule has 1 saturated carbocycles. The van der Waals surface area contributed by atoms with Crippen LogP contribution >= 0.6 is 15.9 Å². The molecule has 2 fully saturated rings. The van der Waals surface area contributed by atoms with Gasteiger partial charge in [0, 0.05) is 23.9 Å². The molecule has 3 atom stereocenters. The lowest BCUT2D eigenvalue weighted by Gasteiger charge is -2.35. The van der Waals surface area contributed by atoms with Gasteiger partial charge in [-0.3, -0.25) is 4.79 Å². The summed E-state index contributed by atoms with van der Waals surface area (Å²) >= 11 is 2.82.